The summed E-state index contributed by atoms with van der Waals surface area (Å²) in [6.45, 7) is 0.214. The van der Waals surface area contributed by atoms with Gasteiger partial charge in [-0.3, -0.25) is 18.7 Å². The van der Waals surface area contributed by atoms with Crippen molar-refractivity contribution < 1.29 is 18.9 Å². The molecular formula is C122H75B3N10O4. The predicted octanol–water partition coefficient (Wildman–Crippen LogP) is 23.2. The van der Waals surface area contributed by atoms with E-state index >= 15 is 0 Å². The topological polar surface area (TPSA) is 118 Å². The molecule has 139 heavy (non-hydrogen) atoms. The smallest absolute Gasteiger partial charge is 0.260 e. The molecule has 0 spiro atoms. The Balaban J connectivity index is 0.000000100. The molecule has 27 aromatic rings. The number of ether oxygens (including phenoxy) is 4. The van der Waals surface area contributed by atoms with Gasteiger partial charge in [-0.25, -0.2) is 15.0 Å². The standard InChI is InChI=1S/C41H24BN3O2.C41H26BN3O.C40H25BN4O/c1-2-12-25(13-3-1)45-32-19-9-5-15-28(32)40-41(45)38-27-14-4-8-18-31(27)44(33(38)24-43-40)26-22-36-39-37(23-26)47-35-21-11-7-17-30(35)42(39)29-16-6-10-20-34(29)46-36;1-3-12-27(13-4-1)42-32-18-8-10-20-37(32)46-38-26-29(21-22-33(38)42)44-34-19-9-7-16-30(34)39-35(44)23-24-36-40(39)31-17-11-25-43-41(31)45(36)28-14-5-2-6-15-28;1-3-13-26(14-4-1)41-31-19-9-12-22-35(31)46-36-25-28(23-24-32(36)41)45-34-21-11-8-18-30(34)38-40(45)43-37-29-17-7-10-20-33(29)44(39(37)42-38)27-15-5-2-6-16-27/h1-24H;1-26H;1-25H. The van der Waals surface area contributed by atoms with Crippen molar-refractivity contribution in [3.05, 3.63) is 455 Å². The molecule has 4 aliphatic heterocycles. The first-order valence-electron chi connectivity index (χ1n) is 47.1. The van der Waals surface area contributed by atoms with Crippen LogP contribution in [0.25, 0.3) is 166 Å². The van der Waals surface area contributed by atoms with Crippen LogP contribution in [0, 0.1) is 0 Å². The van der Waals surface area contributed by atoms with Crippen LogP contribution in [-0.2, 0) is 0 Å². The molecule has 4 aliphatic rings. The van der Waals surface area contributed by atoms with Gasteiger partial charge < -0.3 is 32.6 Å². The van der Waals surface area contributed by atoms with Crippen LogP contribution < -0.4 is 68.1 Å². The molecule has 17 heteroatoms. The first kappa shape index (κ1) is 78.1. The zero-order chi connectivity index (χ0) is 91.0. The van der Waals surface area contributed by atoms with Gasteiger partial charge in [-0.2, -0.15) is 0 Å². The van der Waals surface area contributed by atoms with Crippen LogP contribution in [0.2, 0.25) is 0 Å². The molecule has 0 radical (unpaired) electrons. The lowest BCUT2D eigenvalue weighted by molar-refractivity contribution is 0.464. The summed E-state index contributed by atoms with van der Waals surface area (Å²) in [4.78, 5) is 20.9. The summed E-state index contributed by atoms with van der Waals surface area (Å²) in [6.07, 6.45) is 3.91. The Hall–Kier alpha value is -18.5. The molecule has 0 fully saturated rings. The third kappa shape index (κ3) is 12.0. The highest BCUT2D eigenvalue weighted by atomic mass is 16.5. The fourth-order valence-corrected chi connectivity index (χ4v) is 22.8. The summed E-state index contributed by atoms with van der Waals surface area (Å²) in [5, 5.41) is 10.4. The van der Waals surface area contributed by atoms with Crippen LogP contribution in [0.15, 0.2) is 455 Å². The summed E-state index contributed by atoms with van der Waals surface area (Å²) in [6, 6.07) is 155. The fourth-order valence-electron chi connectivity index (χ4n) is 22.8. The number of pyridine rings is 2. The molecule has 0 saturated heterocycles. The van der Waals surface area contributed by atoms with E-state index in [2.05, 4.69) is 440 Å². The highest BCUT2D eigenvalue weighted by molar-refractivity contribution is 6.99. The fraction of sp³-hybridized carbons (Fsp3) is 0. The van der Waals surface area contributed by atoms with Gasteiger partial charge in [0.25, 0.3) is 20.1 Å². The Bertz CT molecular complexity index is 9530. The molecule has 18 aromatic carbocycles. The van der Waals surface area contributed by atoms with Crippen molar-refractivity contribution in [1.82, 2.24) is 47.3 Å². The second-order valence-electron chi connectivity index (χ2n) is 36.1. The van der Waals surface area contributed by atoms with Gasteiger partial charge in [-0.05, 0) is 160 Å². The number of aromatic nitrogens is 10. The van der Waals surface area contributed by atoms with Crippen LogP contribution in [0.3, 0.4) is 0 Å². The van der Waals surface area contributed by atoms with Crippen molar-refractivity contribution >= 4 is 201 Å². The van der Waals surface area contributed by atoms with E-state index < -0.39 is 0 Å². The minimum Gasteiger partial charge on any atom is -0.458 e. The van der Waals surface area contributed by atoms with Gasteiger partial charge in [0.2, 0.25) is 0 Å². The Morgan fingerprint density at radius 1 is 0.194 bits per heavy atom. The molecule has 0 bridgehead atoms. The van der Waals surface area contributed by atoms with Crippen molar-refractivity contribution in [2.45, 2.75) is 0 Å². The molecule has 0 atom stereocenters. The predicted molar refractivity (Wildman–Crippen MR) is 569 cm³/mol. The van der Waals surface area contributed by atoms with Gasteiger partial charge in [-0.1, -0.05) is 302 Å². The molecule has 0 saturated carbocycles. The first-order valence-corrected chi connectivity index (χ1v) is 47.1. The molecule has 0 aliphatic carbocycles. The normalized spacial score (nSPS) is 12.6. The molecule has 14 nitrogen and oxygen atoms in total. The molecular weight excluding hydrogens is 1700 g/mol. The van der Waals surface area contributed by atoms with E-state index in [1.807, 2.05) is 42.7 Å². The van der Waals surface area contributed by atoms with Gasteiger partial charge in [0.05, 0.1) is 72.7 Å². The number of rotatable bonds is 8. The number of benzene rings is 18. The lowest BCUT2D eigenvalue weighted by atomic mass is 9.35. The maximum Gasteiger partial charge on any atom is 0.260 e. The number of nitrogens with zero attached hydrogens (tertiary/aromatic N) is 10. The minimum absolute atomic E-state index is 0.0324. The monoisotopic (exact) mass is 1780 g/mol. The second-order valence-corrected chi connectivity index (χ2v) is 36.1. The number of para-hydroxylation sites is 12. The lowest BCUT2D eigenvalue weighted by Gasteiger charge is -2.33. The zero-order valence-electron chi connectivity index (χ0n) is 74.6. The van der Waals surface area contributed by atoms with Crippen molar-refractivity contribution in [3.8, 4) is 80.1 Å². The van der Waals surface area contributed by atoms with Crippen LogP contribution in [0.4, 0.5) is 0 Å². The third-order valence-corrected chi connectivity index (χ3v) is 28.6. The van der Waals surface area contributed by atoms with Gasteiger partial charge >= 0.3 is 0 Å². The van der Waals surface area contributed by atoms with Gasteiger partial charge in [-0.15, -0.1) is 0 Å². The van der Waals surface area contributed by atoms with E-state index in [9.17, 15) is 0 Å². The minimum atomic E-state index is 0.0324. The SMILES string of the molecule is c1ccc(-n2c3ccccc3c3ncc4c(c5ccccc5n4-c4cc5c6c(c4)Oc4ccccc4B6c4ccccc4O5)c32)cc1.c1ccc(B2c3ccccc3Oc3cc(-n4c5ccccc5c5c6c7cccnc7n(-c7ccccc7)c6ccc54)ccc32)cc1.c1ccc(B2c3ccccc3Oc3cc(-n4c5ccccc5c5nc6c(nc54)c4ccccc4n6-c4ccccc4)ccc32)cc1. The third-order valence-electron chi connectivity index (χ3n) is 28.6. The maximum atomic E-state index is 6.68. The van der Waals surface area contributed by atoms with Crippen LogP contribution in [0.5, 0.6) is 46.0 Å². The van der Waals surface area contributed by atoms with E-state index in [1.54, 1.807) is 0 Å². The van der Waals surface area contributed by atoms with Crippen molar-refractivity contribution in [1.29, 1.82) is 0 Å². The molecule has 13 heterocycles. The van der Waals surface area contributed by atoms with Crippen molar-refractivity contribution in [3.63, 3.8) is 0 Å². The summed E-state index contributed by atoms with van der Waals surface area (Å²) < 4.78 is 40.4. The average Bonchev–Trinajstić information content (AvgIpc) is 1.53. The van der Waals surface area contributed by atoms with E-state index in [4.69, 9.17) is 38.9 Å². The van der Waals surface area contributed by atoms with Crippen LogP contribution in [-0.4, -0.2) is 67.5 Å². The Morgan fingerprint density at radius 2 is 0.525 bits per heavy atom. The number of fused-ring (bicyclic) bond motifs is 28. The summed E-state index contributed by atoms with van der Waals surface area (Å²) in [5.41, 5.74) is 32.2. The first-order chi connectivity index (χ1) is 69.0. The Kier molecular flexibility index (Phi) is 17.4. The van der Waals surface area contributed by atoms with Gasteiger partial charge in [0, 0.05) is 107 Å². The highest BCUT2D eigenvalue weighted by Crippen LogP contribution is 2.48. The summed E-state index contributed by atoms with van der Waals surface area (Å²) in [5.74, 6) is 6.92. The van der Waals surface area contributed by atoms with E-state index in [0.717, 1.165) is 217 Å². The molecule has 0 N–H and O–H groups in total. The van der Waals surface area contributed by atoms with Crippen molar-refractivity contribution in [2.24, 2.45) is 0 Å². The van der Waals surface area contributed by atoms with E-state index in [-0.39, 0.29) is 20.1 Å². The number of hydrogen-bond acceptors (Lipinski definition) is 8. The average molecular weight is 1780 g/mol. The zero-order valence-corrected chi connectivity index (χ0v) is 74.6. The van der Waals surface area contributed by atoms with E-state index in [1.165, 1.54) is 43.5 Å². The molecule has 9 aromatic heterocycles. The molecule has 0 amide bonds. The lowest BCUT2D eigenvalue weighted by Crippen LogP contribution is -2.57. The Morgan fingerprint density at radius 3 is 1.01 bits per heavy atom. The molecule has 0 unspecified atom stereocenters. The molecule has 31 rings (SSSR count). The van der Waals surface area contributed by atoms with Crippen LogP contribution in [0.1, 0.15) is 0 Å². The summed E-state index contributed by atoms with van der Waals surface area (Å²) in [7, 11) is 0. The maximum absolute atomic E-state index is 6.68. The van der Waals surface area contributed by atoms with Crippen molar-refractivity contribution in [2.75, 3.05) is 0 Å². The Labute approximate surface area is 797 Å². The second kappa shape index (κ2) is 31.1. The van der Waals surface area contributed by atoms with Crippen LogP contribution >= 0.6 is 0 Å². The quantitative estimate of drug-likeness (QED) is 0.138. The summed E-state index contributed by atoms with van der Waals surface area (Å²) >= 11 is 0. The highest BCUT2D eigenvalue weighted by Gasteiger charge is 2.42. The number of hydrogen-bond donors (Lipinski definition) is 0. The van der Waals surface area contributed by atoms with Gasteiger partial charge in [0.1, 0.15) is 62.7 Å². The largest absolute Gasteiger partial charge is 0.458 e. The molecule has 646 valence electrons. The van der Waals surface area contributed by atoms with Gasteiger partial charge in [0.15, 0.2) is 11.3 Å². The van der Waals surface area contributed by atoms with E-state index in [0.29, 0.717) is 0 Å².